The summed E-state index contributed by atoms with van der Waals surface area (Å²) in [6.07, 6.45) is 0. The maximum atomic E-state index is 5.54. The van der Waals surface area contributed by atoms with Crippen LogP contribution in [0.1, 0.15) is 24.3 Å². The number of ether oxygens (including phenoxy) is 1. The van der Waals surface area contributed by atoms with Crippen molar-refractivity contribution < 1.29 is 9.15 Å². The summed E-state index contributed by atoms with van der Waals surface area (Å²) >= 11 is 0. The Bertz CT molecular complexity index is 501. The number of hydrogen-bond acceptors (Lipinski definition) is 4. The topological polar surface area (TPSA) is 47.3 Å². The summed E-state index contributed by atoms with van der Waals surface area (Å²) in [6.45, 7) is 7.03. The predicted octanol–water partition coefficient (Wildman–Crippen LogP) is 3.30. The van der Waals surface area contributed by atoms with Gasteiger partial charge in [0.25, 0.3) is 0 Å². The standard InChI is InChI=1S/C14H18N2O2/c1-4-17-13-8-6-5-7-12(13)15-9-14-16-10(2)11(3)18-14/h5-8,15H,4,9H2,1-3H3. The second kappa shape index (κ2) is 5.58. The Kier molecular flexibility index (Phi) is 3.87. The highest BCUT2D eigenvalue weighted by molar-refractivity contribution is 5.56. The van der Waals surface area contributed by atoms with E-state index in [0.29, 0.717) is 19.0 Å². The zero-order valence-corrected chi connectivity index (χ0v) is 11.0. The van der Waals surface area contributed by atoms with E-state index in [1.54, 1.807) is 0 Å². The highest BCUT2D eigenvalue weighted by Crippen LogP contribution is 2.24. The number of para-hydroxylation sites is 2. The van der Waals surface area contributed by atoms with Gasteiger partial charge in [0.05, 0.1) is 24.5 Å². The summed E-state index contributed by atoms with van der Waals surface area (Å²) in [5.74, 6) is 2.40. The molecule has 18 heavy (non-hydrogen) atoms. The van der Waals surface area contributed by atoms with E-state index < -0.39 is 0 Å². The first-order valence-corrected chi connectivity index (χ1v) is 6.09. The molecule has 0 spiro atoms. The van der Waals surface area contributed by atoms with Crippen LogP contribution in [-0.4, -0.2) is 11.6 Å². The second-order valence-corrected chi connectivity index (χ2v) is 4.03. The number of nitrogens with one attached hydrogen (secondary N) is 1. The fourth-order valence-electron chi connectivity index (χ4n) is 1.68. The van der Waals surface area contributed by atoms with Crippen molar-refractivity contribution >= 4 is 5.69 Å². The van der Waals surface area contributed by atoms with Crippen LogP contribution in [0.25, 0.3) is 0 Å². The van der Waals surface area contributed by atoms with E-state index in [0.717, 1.165) is 22.9 Å². The van der Waals surface area contributed by atoms with Crippen LogP contribution in [0.4, 0.5) is 5.69 Å². The summed E-state index contributed by atoms with van der Waals surface area (Å²) in [6, 6.07) is 7.85. The minimum absolute atomic E-state index is 0.554. The van der Waals surface area contributed by atoms with E-state index in [1.807, 2.05) is 45.0 Å². The molecule has 1 aromatic carbocycles. The zero-order chi connectivity index (χ0) is 13.0. The van der Waals surface area contributed by atoms with Crippen molar-refractivity contribution in [1.82, 2.24) is 4.98 Å². The Morgan fingerprint density at radius 3 is 2.72 bits per heavy atom. The van der Waals surface area contributed by atoms with Crippen LogP contribution >= 0.6 is 0 Å². The summed E-state index contributed by atoms with van der Waals surface area (Å²) in [4.78, 5) is 4.33. The lowest BCUT2D eigenvalue weighted by atomic mass is 10.3. The quantitative estimate of drug-likeness (QED) is 0.879. The minimum atomic E-state index is 0.554. The predicted molar refractivity (Wildman–Crippen MR) is 70.9 cm³/mol. The van der Waals surface area contributed by atoms with Crippen LogP contribution < -0.4 is 10.1 Å². The molecule has 2 rings (SSSR count). The largest absolute Gasteiger partial charge is 0.492 e. The number of hydrogen-bond donors (Lipinski definition) is 1. The SMILES string of the molecule is CCOc1ccccc1NCc1nc(C)c(C)o1. The molecule has 1 aromatic heterocycles. The monoisotopic (exact) mass is 246 g/mol. The van der Waals surface area contributed by atoms with Crippen molar-refractivity contribution in [1.29, 1.82) is 0 Å². The van der Waals surface area contributed by atoms with Gasteiger partial charge in [-0.3, -0.25) is 0 Å². The molecule has 0 saturated carbocycles. The first kappa shape index (κ1) is 12.5. The van der Waals surface area contributed by atoms with E-state index in [-0.39, 0.29) is 0 Å². The van der Waals surface area contributed by atoms with E-state index in [2.05, 4.69) is 10.3 Å². The van der Waals surface area contributed by atoms with E-state index in [9.17, 15) is 0 Å². The molecule has 1 heterocycles. The number of oxazole rings is 1. The van der Waals surface area contributed by atoms with Crippen LogP contribution in [0.3, 0.4) is 0 Å². The molecule has 0 radical (unpaired) electrons. The molecule has 0 atom stereocenters. The lowest BCUT2D eigenvalue weighted by Crippen LogP contribution is -2.02. The molecule has 96 valence electrons. The molecule has 4 heteroatoms. The van der Waals surface area contributed by atoms with Crippen molar-refractivity contribution in [2.24, 2.45) is 0 Å². The van der Waals surface area contributed by atoms with Crippen LogP contribution in [0.2, 0.25) is 0 Å². The fraction of sp³-hybridized carbons (Fsp3) is 0.357. The van der Waals surface area contributed by atoms with Gasteiger partial charge in [0.1, 0.15) is 11.5 Å². The third-order valence-electron chi connectivity index (χ3n) is 2.69. The fourth-order valence-corrected chi connectivity index (χ4v) is 1.68. The third-order valence-corrected chi connectivity index (χ3v) is 2.69. The highest BCUT2D eigenvalue weighted by Gasteiger charge is 2.07. The van der Waals surface area contributed by atoms with Gasteiger partial charge in [-0.25, -0.2) is 4.98 Å². The van der Waals surface area contributed by atoms with Gasteiger partial charge in [-0.05, 0) is 32.9 Å². The van der Waals surface area contributed by atoms with E-state index >= 15 is 0 Å². The van der Waals surface area contributed by atoms with Crippen molar-refractivity contribution in [2.45, 2.75) is 27.3 Å². The van der Waals surface area contributed by atoms with Crippen LogP contribution in [-0.2, 0) is 6.54 Å². The van der Waals surface area contributed by atoms with E-state index in [1.165, 1.54) is 0 Å². The van der Waals surface area contributed by atoms with Crippen molar-refractivity contribution in [3.8, 4) is 5.75 Å². The molecule has 0 aliphatic carbocycles. The smallest absolute Gasteiger partial charge is 0.213 e. The molecule has 1 N–H and O–H groups in total. The molecule has 0 aliphatic heterocycles. The molecule has 0 amide bonds. The maximum Gasteiger partial charge on any atom is 0.213 e. The maximum absolute atomic E-state index is 5.54. The molecule has 2 aromatic rings. The Balaban J connectivity index is 2.05. The normalized spacial score (nSPS) is 10.4. The number of rotatable bonds is 5. The highest BCUT2D eigenvalue weighted by atomic mass is 16.5. The lowest BCUT2D eigenvalue weighted by molar-refractivity contribution is 0.341. The number of nitrogens with zero attached hydrogens (tertiary/aromatic N) is 1. The number of anilines is 1. The Morgan fingerprint density at radius 1 is 1.28 bits per heavy atom. The van der Waals surface area contributed by atoms with Gasteiger partial charge in [0.2, 0.25) is 5.89 Å². The van der Waals surface area contributed by atoms with E-state index in [4.69, 9.17) is 9.15 Å². The third kappa shape index (κ3) is 2.83. The van der Waals surface area contributed by atoms with Gasteiger partial charge in [0, 0.05) is 0 Å². The molecule has 0 unspecified atom stereocenters. The molecular weight excluding hydrogens is 228 g/mol. The average molecular weight is 246 g/mol. The Labute approximate surface area is 107 Å². The van der Waals surface area contributed by atoms with Gasteiger partial charge in [-0.15, -0.1) is 0 Å². The minimum Gasteiger partial charge on any atom is -0.492 e. The number of aromatic nitrogens is 1. The molecule has 4 nitrogen and oxygen atoms in total. The summed E-state index contributed by atoms with van der Waals surface area (Å²) in [5.41, 5.74) is 1.89. The Hall–Kier alpha value is -1.97. The lowest BCUT2D eigenvalue weighted by Gasteiger charge is -2.10. The Morgan fingerprint density at radius 2 is 2.06 bits per heavy atom. The van der Waals surface area contributed by atoms with Crippen LogP contribution in [0.15, 0.2) is 28.7 Å². The molecule has 0 fully saturated rings. The van der Waals surface area contributed by atoms with Gasteiger partial charge < -0.3 is 14.5 Å². The molecule has 0 bridgehead atoms. The van der Waals surface area contributed by atoms with Crippen LogP contribution in [0, 0.1) is 13.8 Å². The summed E-state index contributed by atoms with van der Waals surface area (Å²) < 4.78 is 11.1. The molecule has 0 saturated heterocycles. The van der Waals surface area contributed by atoms with Crippen molar-refractivity contribution in [2.75, 3.05) is 11.9 Å². The molecular formula is C14H18N2O2. The zero-order valence-electron chi connectivity index (χ0n) is 11.0. The second-order valence-electron chi connectivity index (χ2n) is 4.03. The average Bonchev–Trinajstić information content (AvgIpc) is 2.68. The van der Waals surface area contributed by atoms with Gasteiger partial charge in [0.15, 0.2) is 0 Å². The van der Waals surface area contributed by atoms with Gasteiger partial charge in [-0.2, -0.15) is 0 Å². The number of aryl methyl sites for hydroxylation is 2. The first-order valence-electron chi connectivity index (χ1n) is 6.09. The van der Waals surface area contributed by atoms with Crippen molar-refractivity contribution in [3.05, 3.63) is 41.6 Å². The van der Waals surface area contributed by atoms with Gasteiger partial charge in [-0.1, -0.05) is 12.1 Å². The van der Waals surface area contributed by atoms with Gasteiger partial charge >= 0.3 is 0 Å². The van der Waals surface area contributed by atoms with Crippen molar-refractivity contribution in [3.63, 3.8) is 0 Å². The van der Waals surface area contributed by atoms with Crippen LogP contribution in [0.5, 0.6) is 5.75 Å². The first-order chi connectivity index (χ1) is 8.70. The molecule has 0 aliphatic rings. The number of benzene rings is 1. The summed E-state index contributed by atoms with van der Waals surface area (Å²) in [5, 5.41) is 3.27. The summed E-state index contributed by atoms with van der Waals surface area (Å²) in [7, 11) is 0.